The third-order valence-corrected chi connectivity index (χ3v) is 2.50. The summed E-state index contributed by atoms with van der Waals surface area (Å²) < 4.78 is 0. The molecule has 0 aliphatic carbocycles. The van der Waals surface area contributed by atoms with Crippen LogP contribution in [0.25, 0.3) is 0 Å². The molecule has 2 heteroatoms. The Labute approximate surface area is 109 Å². The third-order valence-electron chi connectivity index (χ3n) is 2.50. The van der Waals surface area contributed by atoms with Gasteiger partial charge in [0.1, 0.15) is 0 Å². The van der Waals surface area contributed by atoms with Crippen LogP contribution in [0.5, 0.6) is 0 Å². The predicted molar refractivity (Wildman–Crippen MR) is 81.3 cm³/mol. The van der Waals surface area contributed by atoms with Gasteiger partial charge < -0.3 is 0 Å². The van der Waals surface area contributed by atoms with E-state index in [1.165, 1.54) is 16.7 Å². The first-order valence-corrected chi connectivity index (χ1v) is 6.00. The van der Waals surface area contributed by atoms with Gasteiger partial charge in [0.05, 0.1) is 17.6 Å². The minimum atomic E-state index is 0.646. The summed E-state index contributed by atoms with van der Waals surface area (Å²) in [5.74, 6) is 0. The number of rotatable bonds is 4. The standard InChI is InChI=1S/C16H20N2/c1-6-7-8-17-15(5)11-18-16-13(3)9-12(2)10-14(16)4/h6-11H,5H2,1-4H3/b7-6-,17-8?,18-11?. The molecule has 0 bridgehead atoms. The van der Waals surface area contributed by atoms with Crippen LogP contribution in [0.15, 0.2) is 46.5 Å². The number of benzene rings is 1. The molecule has 0 fully saturated rings. The van der Waals surface area contributed by atoms with E-state index in [0.29, 0.717) is 5.70 Å². The van der Waals surface area contributed by atoms with E-state index >= 15 is 0 Å². The number of aryl methyl sites for hydroxylation is 3. The van der Waals surface area contributed by atoms with E-state index in [0.717, 1.165) is 5.69 Å². The Morgan fingerprint density at radius 1 is 1.17 bits per heavy atom. The maximum absolute atomic E-state index is 4.46. The molecule has 0 amide bonds. The zero-order valence-electron chi connectivity index (χ0n) is 11.6. The summed E-state index contributed by atoms with van der Waals surface area (Å²) in [6, 6.07) is 4.26. The van der Waals surface area contributed by atoms with E-state index in [9.17, 15) is 0 Å². The zero-order chi connectivity index (χ0) is 13.5. The van der Waals surface area contributed by atoms with Crippen LogP contribution in [0.2, 0.25) is 0 Å². The SMILES string of the molecule is C=C(C=Nc1c(C)cc(C)cc1C)N=C/C=C\C. The Morgan fingerprint density at radius 3 is 2.33 bits per heavy atom. The van der Waals surface area contributed by atoms with E-state index in [4.69, 9.17) is 0 Å². The molecule has 0 aromatic heterocycles. The van der Waals surface area contributed by atoms with Crippen LogP contribution >= 0.6 is 0 Å². The summed E-state index contributed by atoms with van der Waals surface area (Å²) in [5.41, 5.74) is 5.26. The summed E-state index contributed by atoms with van der Waals surface area (Å²) >= 11 is 0. The summed E-state index contributed by atoms with van der Waals surface area (Å²) in [5, 5.41) is 0. The Hall–Kier alpha value is -1.96. The van der Waals surface area contributed by atoms with Gasteiger partial charge in [0.25, 0.3) is 0 Å². The van der Waals surface area contributed by atoms with Gasteiger partial charge in [0.15, 0.2) is 0 Å². The monoisotopic (exact) mass is 240 g/mol. The lowest BCUT2D eigenvalue weighted by molar-refractivity contribution is 1.29. The number of hydrogen-bond acceptors (Lipinski definition) is 2. The molecule has 0 saturated heterocycles. The second-order valence-corrected chi connectivity index (χ2v) is 4.30. The van der Waals surface area contributed by atoms with Gasteiger partial charge in [-0.15, -0.1) is 0 Å². The molecule has 0 spiro atoms. The van der Waals surface area contributed by atoms with Gasteiger partial charge in [-0.1, -0.05) is 30.4 Å². The van der Waals surface area contributed by atoms with Crippen molar-refractivity contribution in [3.05, 3.63) is 53.3 Å². The van der Waals surface area contributed by atoms with Gasteiger partial charge in [0.2, 0.25) is 0 Å². The second-order valence-electron chi connectivity index (χ2n) is 4.30. The average Bonchev–Trinajstić information content (AvgIpc) is 2.27. The largest absolute Gasteiger partial charge is 0.256 e. The van der Waals surface area contributed by atoms with Crippen molar-refractivity contribution in [2.24, 2.45) is 9.98 Å². The van der Waals surface area contributed by atoms with E-state index in [1.807, 2.05) is 19.1 Å². The molecule has 0 heterocycles. The molecule has 0 atom stereocenters. The smallest absolute Gasteiger partial charge is 0.0740 e. The van der Waals surface area contributed by atoms with Crippen molar-refractivity contribution in [2.45, 2.75) is 27.7 Å². The molecule has 0 N–H and O–H groups in total. The van der Waals surface area contributed by atoms with E-state index in [-0.39, 0.29) is 0 Å². The molecule has 0 unspecified atom stereocenters. The van der Waals surface area contributed by atoms with Crippen LogP contribution in [0.1, 0.15) is 23.6 Å². The van der Waals surface area contributed by atoms with Crippen LogP contribution in [-0.2, 0) is 0 Å². The summed E-state index contributed by atoms with van der Waals surface area (Å²) in [6.45, 7) is 12.0. The average molecular weight is 240 g/mol. The molecule has 18 heavy (non-hydrogen) atoms. The lowest BCUT2D eigenvalue weighted by Gasteiger charge is -2.06. The van der Waals surface area contributed by atoms with Crippen molar-refractivity contribution >= 4 is 18.1 Å². The Bertz CT molecular complexity index is 497. The Balaban J connectivity index is 2.88. The molecule has 2 nitrogen and oxygen atoms in total. The Kier molecular flexibility index (Phi) is 5.25. The highest BCUT2D eigenvalue weighted by Crippen LogP contribution is 2.24. The maximum Gasteiger partial charge on any atom is 0.0740 e. The fraction of sp³-hybridized carbons (Fsp3) is 0.250. The van der Waals surface area contributed by atoms with Crippen molar-refractivity contribution in [3.63, 3.8) is 0 Å². The van der Waals surface area contributed by atoms with Crippen molar-refractivity contribution in [1.29, 1.82) is 0 Å². The zero-order valence-corrected chi connectivity index (χ0v) is 11.6. The maximum atomic E-state index is 4.46. The van der Waals surface area contributed by atoms with Gasteiger partial charge in [-0.05, 0) is 44.9 Å². The highest BCUT2D eigenvalue weighted by atomic mass is 14.8. The molecular weight excluding hydrogens is 220 g/mol. The van der Waals surface area contributed by atoms with Crippen LogP contribution < -0.4 is 0 Å². The van der Waals surface area contributed by atoms with Crippen LogP contribution in [-0.4, -0.2) is 12.4 Å². The van der Waals surface area contributed by atoms with Crippen molar-refractivity contribution in [2.75, 3.05) is 0 Å². The summed E-state index contributed by atoms with van der Waals surface area (Å²) in [7, 11) is 0. The number of nitrogens with zero attached hydrogens (tertiary/aromatic N) is 2. The summed E-state index contributed by atoms with van der Waals surface area (Å²) in [4.78, 5) is 8.61. The van der Waals surface area contributed by atoms with Gasteiger partial charge in [-0.25, -0.2) is 0 Å². The van der Waals surface area contributed by atoms with Crippen LogP contribution in [0.4, 0.5) is 5.69 Å². The topological polar surface area (TPSA) is 24.7 Å². The third kappa shape index (κ3) is 4.13. The Morgan fingerprint density at radius 2 is 1.78 bits per heavy atom. The van der Waals surface area contributed by atoms with Crippen LogP contribution in [0.3, 0.4) is 0 Å². The molecule has 0 radical (unpaired) electrons. The highest BCUT2D eigenvalue weighted by molar-refractivity contribution is 5.84. The van der Waals surface area contributed by atoms with E-state index < -0.39 is 0 Å². The first kappa shape index (κ1) is 14.1. The normalized spacial score (nSPS) is 12.0. The second kappa shape index (κ2) is 6.70. The fourth-order valence-corrected chi connectivity index (χ4v) is 1.77. The highest BCUT2D eigenvalue weighted by Gasteiger charge is 2.01. The molecule has 1 rings (SSSR count). The number of aliphatic imine (C=N–C) groups is 2. The molecule has 0 aliphatic heterocycles. The molecule has 1 aromatic rings. The van der Waals surface area contributed by atoms with Gasteiger partial charge in [-0.3, -0.25) is 9.98 Å². The molecular formula is C16H20N2. The van der Waals surface area contributed by atoms with Gasteiger partial charge in [-0.2, -0.15) is 0 Å². The quantitative estimate of drug-likeness (QED) is 0.693. The summed E-state index contributed by atoms with van der Waals surface area (Å²) in [6.07, 6.45) is 7.19. The lowest BCUT2D eigenvalue weighted by Crippen LogP contribution is -1.85. The van der Waals surface area contributed by atoms with Gasteiger partial charge in [0, 0.05) is 6.21 Å². The first-order chi connectivity index (χ1) is 8.54. The van der Waals surface area contributed by atoms with E-state index in [1.54, 1.807) is 12.4 Å². The van der Waals surface area contributed by atoms with Crippen LogP contribution in [0, 0.1) is 20.8 Å². The van der Waals surface area contributed by atoms with E-state index in [2.05, 4.69) is 49.5 Å². The number of hydrogen-bond donors (Lipinski definition) is 0. The molecule has 0 saturated carbocycles. The number of allylic oxidation sites excluding steroid dienone is 3. The minimum absolute atomic E-state index is 0.646. The first-order valence-electron chi connectivity index (χ1n) is 6.00. The van der Waals surface area contributed by atoms with Crippen molar-refractivity contribution in [1.82, 2.24) is 0 Å². The molecule has 1 aromatic carbocycles. The lowest BCUT2D eigenvalue weighted by atomic mass is 10.1. The predicted octanol–water partition coefficient (Wildman–Crippen LogP) is 4.47. The van der Waals surface area contributed by atoms with Crippen molar-refractivity contribution in [3.8, 4) is 0 Å². The van der Waals surface area contributed by atoms with Crippen molar-refractivity contribution < 1.29 is 0 Å². The minimum Gasteiger partial charge on any atom is -0.256 e. The fourth-order valence-electron chi connectivity index (χ4n) is 1.77. The molecule has 0 aliphatic rings. The molecule has 94 valence electrons. The van der Waals surface area contributed by atoms with Gasteiger partial charge >= 0.3 is 0 Å².